The van der Waals surface area contributed by atoms with E-state index in [4.69, 9.17) is 4.74 Å². The summed E-state index contributed by atoms with van der Waals surface area (Å²) in [7, 11) is 2.05. The first-order valence-corrected chi connectivity index (χ1v) is 9.66. The average Bonchev–Trinajstić information content (AvgIpc) is 3.30. The third-order valence-corrected chi connectivity index (χ3v) is 6.21. The molecule has 0 saturated carbocycles. The van der Waals surface area contributed by atoms with Crippen molar-refractivity contribution in [1.29, 1.82) is 0 Å². The van der Waals surface area contributed by atoms with E-state index in [0.29, 0.717) is 16.2 Å². The van der Waals surface area contributed by atoms with Crippen LogP contribution in [0.3, 0.4) is 0 Å². The average molecular weight is 364 g/mol. The Balaban J connectivity index is 1.76. The van der Waals surface area contributed by atoms with Crippen molar-refractivity contribution in [2.45, 2.75) is 31.1 Å². The van der Waals surface area contributed by atoms with Gasteiger partial charge < -0.3 is 9.84 Å². The van der Waals surface area contributed by atoms with Crippen molar-refractivity contribution in [3.05, 3.63) is 56.9 Å². The molecule has 1 aliphatic rings. The first kappa shape index (κ1) is 17.4. The van der Waals surface area contributed by atoms with Crippen LogP contribution in [0.15, 0.2) is 47.2 Å². The van der Waals surface area contributed by atoms with E-state index in [1.165, 1.54) is 22.7 Å². The molecule has 2 atom stereocenters. The minimum Gasteiger partial charge on any atom is -0.460 e. The molecule has 0 radical (unpaired) electrons. The predicted molar refractivity (Wildman–Crippen MR) is 97.4 cm³/mol. The number of carbonyl (C=O) groups is 1. The van der Waals surface area contributed by atoms with Crippen LogP contribution in [0.4, 0.5) is 0 Å². The van der Waals surface area contributed by atoms with Crippen LogP contribution in [0.1, 0.15) is 23.1 Å². The summed E-state index contributed by atoms with van der Waals surface area (Å²) in [6.45, 7) is 2.79. The fraction of sp³-hybridized carbons (Fsp3) is 0.389. The number of thiophene rings is 2. The molecule has 6 heteroatoms. The first-order chi connectivity index (χ1) is 11.5. The zero-order valence-corrected chi connectivity index (χ0v) is 15.3. The third kappa shape index (κ3) is 3.32. The Morgan fingerprint density at radius 2 is 2.00 bits per heavy atom. The zero-order chi connectivity index (χ0) is 17.2. The molecule has 2 aromatic heterocycles. The number of ether oxygens (including phenoxy) is 1. The van der Waals surface area contributed by atoms with Crippen LogP contribution in [0.5, 0.6) is 0 Å². The Kier molecular flexibility index (Phi) is 5.20. The number of hydrogen-bond acceptors (Lipinski definition) is 6. The van der Waals surface area contributed by atoms with Gasteiger partial charge in [0.15, 0.2) is 0 Å². The van der Waals surface area contributed by atoms with Crippen molar-refractivity contribution >= 4 is 28.6 Å². The molecule has 2 aromatic rings. The van der Waals surface area contributed by atoms with E-state index >= 15 is 0 Å². The normalized spacial score (nSPS) is 19.5. The molecule has 0 aliphatic carbocycles. The SMILES string of the molecule is C[C@H](CC1C=CCN1C)OC(=O)C(O)(c1cccs1)c1cccs1. The monoisotopic (exact) mass is 363 g/mol. The van der Waals surface area contributed by atoms with Crippen molar-refractivity contribution < 1.29 is 14.6 Å². The van der Waals surface area contributed by atoms with E-state index in [-0.39, 0.29) is 12.1 Å². The van der Waals surface area contributed by atoms with Gasteiger partial charge in [-0.25, -0.2) is 4.79 Å². The lowest BCUT2D eigenvalue weighted by Gasteiger charge is -2.28. The second-order valence-electron chi connectivity index (χ2n) is 6.05. The number of nitrogens with zero attached hydrogens (tertiary/aromatic N) is 1. The minimum atomic E-state index is -1.73. The number of carbonyl (C=O) groups excluding carboxylic acids is 1. The minimum absolute atomic E-state index is 0.268. The van der Waals surface area contributed by atoms with E-state index < -0.39 is 11.6 Å². The highest BCUT2D eigenvalue weighted by Crippen LogP contribution is 2.37. The van der Waals surface area contributed by atoms with Gasteiger partial charge in [-0.3, -0.25) is 4.90 Å². The van der Waals surface area contributed by atoms with Crippen LogP contribution in [0.25, 0.3) is 0 Å². The van der Waals surface area contributed by atoms with Gasteiger partial charge in [-0.05, 0) is 36.9 Å². The van der Waals surface area contributed by atoms with E-state index in [9.17, 15) is 9.90 Å². The standard InChI is InChI=1S/C18H21NO3S2/c1-13(12-14-6-3-9-19(14)2)22-17(20)18(21,15-7-4-10-23-15)16-8-5-11-24-16/h3-8,10-11,13-14,21H,9,12H2,1-2H3/t13-,14?/m1/s1. The molecule has 24 heavy (non-hydrogen) atoms. The molecule has 128 valence electrons. The highest BCUT2D eigenvalue weighted by molar-refractivity contribution is 7.12. The number of esters is 1. The van der Waals surface area contributed by atoms with E-state index in [2.05, 4.69) is 17.1 Å². The lowest BCUT2D eigenvalue weighted by Crippen LogP contribution is -2.40. The number of hydrogen-bond donors (Lipinski definition) is 1. The largest absolute Gasteiger partial charge is 0.460 e. The molecule has 0 spiro atoms. The van der Waals surface area contributed by atoms with Crippen LogP contribution < -0.4 is 0 Å². The molecule has 1 unspecified atom stereocenters. The molecular weight excluding hydrogens is 342 g/mol. The highest BCUT2D eigenvalue weighted by atomic mass is 32.1. The maximum Gasteiger partial charge on any atom is 0.349 e. The van der Waals surface area contributed by atoms with E-state index in [0.717, 1.165) is 6.54 Å². The van der Waals surface area contributed by atoms with Gasteiger partial charge in [0.2, 0.25) is 5.60 Å². The lowest BCUT2D eigenvalue weighted by molar-refractivity contribution is -0.167. The van der Waals surface area contributed by atoms with Crippen molar-refractivity contribution in [2.75, 3.05) is 13.6 Å². The Labute approximate surface area is 150 Å². The highest BCUT2D eigenvalue weighted by Gasteiger charge is 2.44. The molecule has 0 bridgehead atoms. The molecular formula is C18H21NO3S2. The van der Waals surface area contributed by atoms with E-state index in [1.807, 2.05) is 36.9 Å². The lowest BCUT2D eigenvalue weighted by atomic mass is 10.00. The first-order valence-electron chi connectivity index (χ1n) is 7.90. The zero-order valence-electron chi connectivity index (χ0n) is 13.7. The Bertz CT molecular complexity index is 660. The summed E-state index contributed by atoms with van der Waals surface area (Å²) in [5, 5.41) is 14.9. The summed E-state index contributed by atoms with van der Waals surface area (Å²) in [6.07, 6.45) is 4.69. The quantitative estimate of drug-likeness (QED) is 0.632. The van der Waals surface area contributed by atoms with Crippen molar-refractivity contribution in [3.63, 3.8) is 0 Å². The predicted octanol–water partition coefficient (Wildman–Crippen LogP) is 3.24. The molecule has 0 amide bonds. The molecule has 3 rings (SSSR count). The van der Waals surface area contributed by atoms with Gasteiger partial charge in [0.05, 0.1) is 9.75 Å². The van der Waals surface area contributed by atoms with Gasteiger partial charge in [-0.1, -0.05) is 24.3 Å². The van der Waals surface area contributed by atoms with Gasteiger partial charge in [-0.2, -0.15) is 0 Å². The van der Waals surface area contributed by atoms with Crippen LogP contribution >= 0.6 is 22.7 Å². The second kappa shape index (κ2) is 7.19. The van der Waals surface area contributed by atoms with Crippen LogP contribution in [-0.2, 0) is 15.1 Å². The summed E-state index contributed by atoms with van der Waals surface area (Å²) in [5.41, 5.74) is -1.73. The van der Waals surface area contributed by atoms with Gasteiger partial charge in [0.25, 0.3) is 0 Å². The maximum atomic E-state index is 12.8. The van der Waals surface area contributed by atoms with Crippen molar-refractivity contribution in [2.24, 2.45) is 0 Å². The molecule has 0 saturated heterocycles. The van der Waals surface area contributed by atoms with Gasteiger partial charge in [0.1, 0.15) is 6.10 Å². The number of likely N-dealkylation sites (N-methyl/N-ethyl adjacent to an activating group) is 1. The third-order valence-electron chi connectivity index (χ3n) is 4.25. The summed E-state index contributed by atoms with van der Waals surface area (Å²) < 4.78 is 5.64. The summed E-state index contributed by atoms with van der Waals surface area (Å²) in [6, 6.07) is 7.46. The molecule has 0 aromatic carbocycles. The van der Waals surface area contributed by atoms with Gasteiger partial charge >= 0.3 is 5.97 Å². The molecule has 4 nitrogen and oxygen atoms in total. The topological polar surface area (TPSA) is 49.8 Å². The molecule has 0 fully saturated rings. The molecule has 3 heterocycles. The van der Waals surface area contributed by atoms with Crippen molar-refractivity contribution in [1.82, 2.24) is 4.90 Å². The van der Waals surface area contributed by atoms with Crippen LogP contribution in [0.2, 0.25) is 0 Å². The van der Waals surface area contributed by atoms with Crippen molar-refractivity contribution in [3.8, 4) is 0 Å². The summed E-state index contributed by atoms with van der Waals surface area (Å²) in [4.78, 5) is 16.2. The van der Waals surface area contributed by atoms with Crippen LogP contribution in [-0.4, -0.2) is 41.7 Å². The molecule has 1 N–H and O–H groups in total. The summed E-state index contributed by atoms with van der Waals surface area (Å²) in [5.74, 6) is -0.607. The van der Waals surface area contributed by atoms with E-state index in [1.54, 1.807) is 12.1 Å². The van der Waals surface area contributed by atoms with Gasteiger partial charge in [0, 0.05) is 19.0 Å². The number of rotatable bonds is 6. The number of aliphatic hydroxyl groups is 1. The Morgan fingerprint density at radius 1 is 1.38 bits per heavy atom. The molecule has 1 aliphatic heterocycles. The maximum absolute atomic E-state index is 12.8. The Morgan fingerprint density at radius 3 is 2.46 bits per heavy atom. The van der Waals surface area contributed by atoms with Gasteiger partial charge in [-0.15, -0.1) is 22.7 Å². The van der Waals surface area contributed by atoms with Crippen LogP contribution in [0, 0.1) is 0 Å². The Hall–Kier alpha value is -1.47. The smallest absolute Gasteiger partial charge is 0.349 e. The fourth-order valence-corrected chi connectivity index (χ4v) is 4.59. The summed E-state index contributed by atoms with van der Waals surface area (Å²) >= 11 is 2.71. The second-order valence-corrected chi connectivity index (χ2v) is 7.95. The fourth-order valence-electron chi connectivity index (χ4n) is 2.87.